The van der Waals surface area contributed by atoms with Gasteiger partial charge in [0.05, 0.1) is 0 Å². The molecule has 2 heteroatoms. The molecule has 3 rings (SSSR count). The Morgan fingerprint density at radius 2 is 2.11 bits per heavy atom. The van der Waals surface area contributed by atoms with Crippen molar-refractivity contribution in [2.24, 2.45) is 5.92 Å². The molecular weight excluding hydrogens is 232 g/mol. The Labute approximate surface area is 117 Å². The first-order valence-corrected chi connectivity index (χ1v) is 7.92. The normalized spacial score (nSPS) is 26.6. The molecule has 2 aliphatic rings. The fourth-order valence-corrected chi connectivity index (χ4v) is 3.60. The molecule has 0 radical (unpaired) electrons. The number of nitrogens with one attached hydrogen (secondary N) is 2. The van der Waals surface area contributed by atoms with Gasteiger partial charge in [-0.25, -0.2) is 0 Å². The smallest absolute Gasteiger partial charge is 0.0419 e. The van der Waals surface area contributed by atoms with Crippen LogP contribution >= 0.6 is 0 Å². The van der Waals surface area contributed by atoms with Crippen molar-refractivity contribution in [3.63, 3.8) is 0 Å². The summed E-state index contributed by atoms with van der Waals surface area (Å²) in [6.07, 6.45) is 8.16. The maximum Gasteiger partial charge on any atom is 0.0419 e. The lowest BCUT2D eigenvalue weighted by Gasteiger charge is -2.23. The molecule has 1 fully saturated rings. The summed E-state index contributed by atoms with van der Waals surface area (Å²) in [5, 5.41) is 7.36. The van der Waals surface area contributed by atoms with Gasteiger partial charge in [0.15, 0.2) is 0 Å². The Kier molecular flexibility index (Phi) is 4.07. The molecule has 0 saturated heterocycles. The summed E-state index contributed by atoms with van der Waals surface area (Å²) in [6.45, 7) is 4.54. The van der Waals surface area contributed by atoms with E-state index in [1.807, 2.05) is 0 Å². The lowest BCUT2D eigenvalue weighted by molar-refractivity contribution is 0.356. The van der Waals surface area contributed by atoms with Crippen LogP contribution in [0.1, 0.15) is 50.2 Å². The topological polar surface area (TPSA) is 24.1 Å². The third-order valence-corrected chi connectivity index (χ3v) is 4.85. The van der Waals surface area contributed by atoms with E-state index < -0.39 is 0 Å². The summed E-state index contributed by atoms with van der Waals surface area (Å²) >= 11 is 0. The predicted molar refractivity (Wildman–Crippen MR) is 81.5 cm³/mol. The van der Waals surface area contributed by atoms with Crippen molar-refractivity contribution in [2.75, 3.05) is 11.9 Å². The third kappa shape index (κ3) is 2.94. The highest BCUT2D eigenvalue weighted by Gasteiger charge is 2.20. The van der Waals surface area contributed by atoms with Crippen molar-refractivity contribution in [3.05, 3.63) is 29.3 Å². The average molecular weight is 258 g/mol. The zero-order valence-electron chi connectivity index (χ0n) is 12.0. The number of rotatable bonds is 3. The Morgan fingerprint density at radius 3 is 3.05 bits per heavy atom. The van der Waals surface area contributed by atoms with Crippen molar-refractivity contribution >= 4 is 5.69 Å². The van der Waals surface area contributed by atoms with Crippen molar-refractivity contribution in [1.29, 1.82) is 0 Å². The number of fused-ring (bicyclic) bond motifs is 1. The highest BCUT2D eigenvalue weighted by molar-refractivity contribution is 5.61. The zero-order valence-corrected chi connectivity index (χ0v) is 12.0. The molecule has 1 heterocycles. The molecule has 1 aliphatic carbocycles. The second-order valence-corrected chi connectivity index (χ2v) is 6.23. The Hall–Kier alpha value is -1.02. The van der Waals surface area contributed by atoms with Gasteiger partial charge >= 0.3 is 0 Å². The van der Waals surface area contributed by atoms with Crippen LogP contribution in [0.2, 0.25) is 0 Å². The van der Waals surface area contributed by atoms with Gasteiger partial charge in [-0.2, -0.15) is 0 Å². The van der Waals surface area contributed by atoms with Crippen molar-refractivity contribution < 1.29 is 0 Å². The molecule has 0 spiro atoms. The SMILES string of the molecule is CC1CCCCCC1NCc1cccc2c1NCC2. The van der Waals surface area contributed by atoms with Gasteiger partial charge in [-0.3, -0.25) is 0 Å². The average Bonchev–Trinajstić information content (AvgIpc) is 2.81. The molecular formula is C17H26N2. The third-order valence-electron chi connectivity index (χ3n) is 4.85. The second kappa shape index (κ2) is 5.96. The van der Waals surface area contributed by atoms with Gasteiger partial charge in [-0.05, 0) is 36.3 Å². The summed E-state index contributed by atoms with van der Waals surface area (Å²) in [5.74, 6) is 0.826. The van der Waals surface area contributed by atoms with Crippen LogP contribution in [0.4, 0.5) is 5.69 Å². The van der Waals surface area contributed by atoms with Crippen LogP contribution in [-0.4, -0.2) is 12.6 Å². The number of para-hydroxylation sites is 1. The minimum absolute atomic E-state index is 0.708. The van der Waals surface area contributed by atoms with E-state index in [0.29, 0.717) is 6.04 Å². The fourth-order valence-electron chi connectivity index (χ4n) is 3.60. The number of hydrogen-bond donors (Lipinski definition) is 2. The maximum atomic E-state index is 3.82. The van der Waals surface area contributed by atoms with E-state index >= 15 is 0 Å². The Bertz CT molecular complexity index is 427. The first-order valence-electron chi connectivity index (χ1n) is 7.92. The van der Waals surface area contributed by atoms with Gasteiger partial charge in [-0.1, -0.05) is 44.4 Å². The van der Waals surface area contributed by atoms with Gasteiger partial charge in [-0.15, -0.1) is 0 Å². The van der Waals surface area contributed by atoms with Crippen molar-refractivity contribution in [2.45, 2.75) is 58.0 Å². The van der Waals surface area contributed by atoms with E-state index in [1.54, 1.807) is 0 Å². The molecule has 1 aliphatic heterocycles. The van der Waals surface area contributed by atoms with Gasteiger partial charge < -0.3 is 10.6 Å². The van der Waals surface area contributed by atoms with E-state index in [-0.39, 0.29) is 0 Å². The van der Waals surface area contributed by atoms with Gasteiger partial charge in [0, 0.05) is 24.8 Å². The van der Waals surface area contributed by atoms with E-state index in [1.165, 1.54) is 55.3 Å². The molecule has 2 N–H and O–H groups in total. The molecule has 19 heavy (non-hydrogen) atoms. The second-order valence-electron chi connectivity index (χ2n) is 6.23. The summed E-state index contributed by atoms with van der Waals surface area (Å²) in [7, 11) is 0. The maximum absolute atomic E-state index is 3.82. The molecule has 104 valence electrons. The molecule has 0 amide bonds. The largest absolute Gasteiger partial charge is 0.384 e. The van der Waals surface area contributed by atoms with Crippen LogP contribution in [0.3, 0.4) is 0 Å². The van der Waals surface area contributed by atoms with E-state index in [2.05, 4.69) is 35.8 Å². The molecule has 2 unspecified atom stereocenters. The summed E-state index contributed by atoms with van der Waals surface area (Å²) in [5.41, 5.74) is 4.34. The summed E-state index contributed by atoms with van der Waals surface area (Å²) in [6, 6.07) is 7.44. The lowest BCUT2D eigenvalue weighted by atomic mass is 9.96. The quantitative estimate of drug-likeness (QED) is 0.808. The lowest BCUT2D eigenvalue weighted by Crippen LogP contribution is -2.33. The van der Waals surface area contributed by atoms with Crippen LogP contribution in [0, 0.1) is 5.92 Å². The first kappa shape index (κ1) is 13.0. The summed E-state index contributed by atoms with van der Waals surface area (Å²) < 4.78 is 0. The minimum atomic E-state index is 0.708. The predicted octanol–water partition coefficient (Wildman–Crippen LogP) is 3.71. The minimum Gasteiger partial charge on any atom is -0.384 e. The summed E-state index contributed by atoms with van der Waals surface area (Å²) in [4.78, 5) is 0. The standard InChI is InChI=1S/C17H26N2/c1-13-6-3-2-4-9-16(13)19-12-15-8-5-7-14-10-11-18-17(14)15/h5,7-8,13,16,18-19H,2-4,6,9-12H2,1H3. The Balaban J connectivity index is 1.64. The van der Waals surface area contributed by atoms with Crippen LogP contribution in [-0.2, 0) is 13.0 Å². The molecule has 1 saturated carbocycles. The zero-order chi connectivity index (χ0) is 13.1. The highest BCUT2D eigenvalue weighted by atomic mass is 14.9. The van der Waals surface area contributed by atoms with Crippen LogP contribution in [0.15, 0.2) is 18.2 Å². The van der Waals surface area contributed by atoms with Crippen molar-refractivity contribution in [1.82, 2.24) is 5.32 Å². The van der Waals surface area contributed by atoms with Crippen molar-refractivity contribution in [3.8, 4) is 0 Å². The number of anilines is 1. The molecule has 2 atom stereocenters. The highest BCUT2D eigenvalue weighted by Crippen LogP contribution is 2.27. The van der Waals surface area contributed by atoms with Gasteiger partial charge in [0.2, 0.25) is 0 Å². The van der Waals surface area contributed by atoms with Gasteiger partial charge in [0.1, 0.15) is 0 Å². The molecule has 2 nitrogen and oxygen atoms in total. The molecule has 0 bridgehead atoms. The molecule has 1 aromatic carbocycles. The van der Waals surface area contributed by atoms with E-state index in [0.717, 1.165) is 19.0 Å². The van der Waals surface area contributed by atoms with E-state index in [9.17, 15) is 0 Å². The number of benzene rings is 1. The number of hydrogen-bond acceptors (Lipinski definition) is 2. The van der Waals surface area contributed by atoms with E-state index in [4.69, 9.17) is 0 Å². The monoisotopic (exact) mass is 258 g/mol. The van der Waals surface area contributed by atoms with Crippen LogP contribution in [0.25, 0.3) is 0 Å². The fraction of sp³-hybridized carbons (Fsp3) is 0.647. The van der Waals surface area contributed by atoms with Crippen LogP contribution < -0.4 is 10.6 Å². The molecule has 0 aromatic heterocycles. The van der Waals surface area contributed by atoms with Gasteiger partial charge in [0.25, 0.3) is 0 Å². The Morgan fingerprint density at radius 1 is 1.21 bits per heavy atom. The van der Waals surface area contributed by atoms with Crippen LogP contribution in [0.5, 0.6) is 0 Å². The molecule has 1 aromatic rings. The first-order chi connectivity index (χ1) is 9.34.